The van der Waals surface area contributed by atoms with Crippen LogP contribution in [0.2, 0.25) is 5.02 Å². The van der Waals surface area contributed by atoms with E-state index in [1.165, 1.54) is 0 Å². The number of methoxy groups -OCH3 is 2. The van der Waals surface area contributed by atoms with Gasteiger partial charge in [0.15, 0.2) is 0 Å². The highest BCUT2D eigenvalue weighted by Crippen LogP contribution is 2.41. The molecule has 2 N–H and O–H groups in total. The van der Waals surface area contributed by atoms with Crippen LogP contribution >= 0.6 is 11.6 Å². The predicted molar refractivity (Wildman–Crippen MR) is 78.3 cm³/mol. The number of halogens is 1. The van der Waals surface area contributed by atoms with Crippen molar-refractivity contribution in [2.24, 2.45) is 0 Å². The number of nitrogens with zero attached hydrogens (tertiary/aromatic N) is 1. The van der Waals surface area contributed by atoms with Crippen molar-refractivity contribution in [2.75, 3.05) is 20.0 Å². The van der Waals surface area contributed by atoms with E-state index in [9.17, 15) is 0 Å². The summed E-state index contributed by atoms with van der Waals surface area (Å²) in [4.78, 5) is 4.60. The van der Waals surface area contributed by atoms with Crippen molar-refractivity contribution in [3.8, 4) is 11.5 Å². The summed E-state index contributed by atoms with van der Waals surface area (Å²) >= 11 is 6.17. The minimum absolute atomic E-state index is 0.462. The van der Waals surface area contributed by atoms with Gasteiger partial charge >= 0.3 is 0 Å². The first-order chi connectivity index (χ1) is 9.12. The van der Waals surface area contributed by atoms with Crippen molar-refractivity contribution < 1.29 is 9.47 Å². The molecule has 0 aliphatic carbocycles. The van der Waals surface area contributed by atoms with E-state index >= 15 is 0 Å². The summed E-state index contributed by atoms with van der Waals surface area (Å²) in [7, 11) is 3.15. The number of fused-ring (bicyclic) bond motifs is 1. The lowest BCUT2D eigenvalue weighted by Crippen LogP contribution is -2.00. The molecule has 0 fully saturated rings. The van der Waals surface area contributed by atoms with Crippen LogP contribution in [0.5, 0.6) is 11.5 Å². The predicted octanol–water partition coefficient (Wildman–Crippen LogP) is 3.44. The zero-order valence-corrected chi connectivity index (χ0v) is 12.0. The van der Waals surface area contributed by atoms with Crippen LogP contribution in [-0.2, 0) is 6.42 Å². The van der Waals surface area contributed by atoms with Crippen molar-refractivity contribution in [1.29, 1.82) is 0 Å². The molecule has 0 saturated heterocycles. The zero-order valence-electron chi connectivity index (χ0n) is 11.3. The molecule has 0 spiro atoms. The molecule has 0 atom stereocenters. The van der Waals surface area contributed by atoms with Crippen LogP contribution in [0.25, 0.3) is 10.9 Å². The first-order valence-corrected chi connectivity index (χ1v) is 6.49. The number of anilines is 1. The maximum Gasteiger partial charge on any atom is 0.149 e. The van der Waals surface area contributed by atoms with E-state index < -0.39 is 0 Å². The Balaban J connectivity index is 2.83. The van der Waals surface area contributed by atoms with Crippen molar-refractivity contribution in [2.45, 2.75) is 19.8 Å². The molecule has 0 saturated carbocycles. The highest BCUT2D eigenvalue weighted by Gasteiger charge is 2.17. The normalized spacial score (nSPS) is 10.7. The number of hydrogen-bond acceptors (Lipinski definition) is 4. The Hall–Kier alpha value is -1.68. The van der Waals surface area contributed by atoms with Crippen LogP contribution in [0.15, 0.2) is 12.1 Å². The molecule has 102 valence electrons. The van der Waals surface area contributed by atoms with E-state index in [1.807, 2.05) is 6.07 Å². The second-order valence-corrected chi connectivity index (χ2v) is 4.68. The fourth-order valence-corrected chi connectivity index (χ4v) is 2.42. The Morgan fingerprint density at radius 3 is 2.58 bits per heavy atom. The average molecular weight is 281 g/mol. The van der Waals surface area contributed by atoms with Crippen LogP contribution in [-0.4, -0.2) is 19.2 Å². The van der Waals surface area contributed by atoms with E-state index in [4.69, 9.17) is 26.8 Å². The van der Waals surface area contributed by atoms with Gasteiger partial charge in [-0.1, -0.05) is 24.9 Å². The molecule has 0 aliphatic heterocycles. The number of aromatic nitrogens is 1. The van der Waals surface area contributed by atoms with Gasteiger partial charge in [-0.2, -0.15) is 0 Å². The Morgan fingerprint density at radius 2 is 2.00 bits per heavy atom. The molecule has 4 nitrogen and oxygen atoms in total. The summed E-state index contributed by atoms with van der Waals surface area (Å²) in [5, 5.41) is 1.16. The number of ether oxygens (including phenoxy) is 2. The summed E-state index contributed by atoms with van der Waals surface area (Å²) in [5.74, 6) is 1.14. The third-order valence-corrected chi connectivity index (χ3v) is 3.25. The van der Waals surface area contributed by atoms with Gasteiger partial charge in [0.05, 0.1) is 24.6 Å². The zero-order chi connectivity index (χ0) is 14.0. The molecule has 5 heteroatoms. The van der Waals surface area contributed by atoms with Crippen LogP contribution in [0.4, 0.5) is 5.69 Å². The van der Waals surface area contributed by atoms with E-state index in [0.717, 1.165) is 18.5 Å². The first kappa shape index (κ1) is 13.7. The Bertz CT molecular complexity index is 614. The summed E-state index contributed by atoms with van der Waals surface area (Å²) in [6.45, 7) is 2.10. The van der Waals surface area contributed by atoms with E-state index in [1.54, 1.807) is 20.3 Å². The highest BCUT2D eigenvalue weighted by molar-refractivity contribution is 6.34. The van der Waals surface area contributed by atoms with Crippen LogP contribution < -0.4 is 15.2 Å². The minimum atomic E-state index is 0.462. The van der Waals surface area contributed by atoms with Crippen LogP contribution in [0.3, 0.4) is 0 Å². The second-order valence-electron chi connectivity index (χ2n) is 4.27. The smallest absolute Gasteiger partial charge is 0.149 e. The van der Waals surface area contributed by atoms with Gasteiger partial charge in [-0.05, 0) is 12.5 Å². The van der Waals surface area contributed by atoms with Gasteiger partial charge in [0, 0.05) is 17.4 Å². The summed E-state index contributed by atoms with van der Waals surface area (Å²) in [5.41, 5.74) is 8.35. The molecule has 1 aromatic carbocycles. The fraction of sp³-hybridized carbons (Fsp3) is 0.357. The molecule has 0 radical (unpaired) electrons. The summed E-state index contributed by atoms with van der Waals surface area (Å²) < 4.78 is 10.7. The van der Waals surface area contributed by atoms with Crippen LogP contribution in [0, 0.1) is 0 Å². The van der Waals surface area contributed by atoms with Gasteiger partial charge in [-0.3, -0.25) is 0 Å². The fourth-order valence-electron chi connectivity index (χ4n) is 2.14. The number of hydrogen-bond donors (Lipinski definition) is 1. The standard InChI is InChI=1S/C14H17ClN2O2/c1-4-5-8-6-10(16)12-13(17-8)11(18-2)7-9(15)14(12)19-3/h6-7H,4-5H2,1-3H3,(H2,16,17). The summed E-state index contributed by atoms with van der Waals surface area (Å²) in [6.07, 6.45) is 1.87. The molecule has 0 bridgehead atoms. The molecule has 1 heterocycles. The molecule has 0 aliphatic rings. The Labute approximate surface area is 117 Å². The highest BCUT2D eigenvalue weighted by atomic mass is 35.5. The van der Waals surface area contributed by atoms with Crippen molar-refractivity contribution in [1.82, 2.24) is 4.98 Å². The molecular weight excluding hydrogens is 264 g/mol. The van der Waals surface area contributed by atoms with Crippen molar-refractivity contribution in [3.63, 3.8) is 0 Å². The topological polar surface area (TPSA) is 57.4 Å². The number of benzene rings is 1. The van der Waals surface area contributed by atoms with E-state index in [-0.39, 0.29) is 0 Å². The second kappa shape index (κ2) is 5.53. The van der Waals surface area contributed by atoms with Gasteiger partial charge in [-0.15, -0.1) is 0 Å². The molecule has 19 heavy (non-hydrogen) atoms. The Morgan fingerprint density at radius 1 is 1.26 bits per heavy atom. The first-order valence-electron chi connectivity index (χ1n) is 6.11. The minimum Gasteiger partial charge on any atom is -0.494 e. The lowest BCUT2D eigenvalue weighted by atomic mass is 10.1. The van der Waals surface area contributed by atoms with Crippen molar-refractivity contribution >= 4 is 28.2 Å². The van der Waals surface area contributed by atoms with Gasteiger partial charge in [0.2, 0.25) is 0 Å². The largest absolute Gasteiger partial charge is 0.494 e. The SMILES string of the molecule is CCCc1cc(N)c2c(OC)c(Cl)cc(OC)c2n1. The molecule has 0 unspecified atom stereocenters. The number of pyridine rings is 1. The number of nitrogens with two attached hydrogens (primary N) is 1. The maximum atomic E-state index is 6.17. The van der Waals surface area contributed by atoms with E-state index in [2.05, 4.69) is 11.9 Å². The molecule has 2 aromatic rings. The van der Waals surface area contributed by atoms with Crippen LogP contribution in [0.1, 0.15) is 19.0 Å². The quantitative estimate of drug-likeness (QED) is 0.932. The summed E-state index contributed by atoms with van der Waals surface area (Å²) in [6, 6.07) is 3.56. The van der Waals surface area contributed by atoms with Crippen molar-refractivity contribution in [3.05, 3.63) is 22.8 Å². The lowest BCUT2D eigenvalue weighted by molar-refractivity contribution is 0.410. The van der Waals surface area contributed by atoms with Gasteiger partial charge in [0.1, 0.15) is 17.0 Å². The monoisotopic (exact) mass is 280 g/mol. The molecular formula is C14H17ClN2O2. The average Bonchev–Trinajstić information content (AvgIpc) is 2.39. The number of nitrogen functional groups attached to an aromatic ring is 1. The van der Waals surface area contributed by atoms with Gasteiger partial charge < -0.3 is 15.2 Å². The third kappa shape index (κ3) is 2.40. The van der Waals surface area contributed by atoms with Gasteiger partial charge in [-0.25, -0.2) is 4.98 Å². The lowest BCUT2D eigenvalue weighted by Gasteiger charge is -2.14. The Kier molecular flexibility index (Phi) is 4.00. The molecule has 1 aromatic heterocycles. The molecule has 0 amide bonds. The number of rotatable bonds is 4. The maximum absolute atomic E-state index is 6.17. The number of aryl methyl sites for hydroxylation is 1. The third-order valence-electron chi connectivity index (χ3n) is 2.97. The molecule has 2 rings (SSSR count). The van der Waals surface area contributed by atoms with E-state index in [0.29, 0.717) is 33.1 Å². The van der Waals surface area contributed by atoms with Gasteiger partial charge in [0.25, 0.3) is 0 Å².